The zero-order chi connectivity index (χ0) is 9.56. The summed E-state index contributed by atoms with van der Waals surface area (Å²) in [5, 5.41) is 8.61. The van der Waals surface area contributed by atoms with Crippen LogP contribution in [0.5, 0.6) is 0 Å². The number of carbonyl (C=O) groups is 1. The highest BCUT2D eigenvalue weighted by molar-refractivity contribution is 5.72. The first-order valence-electron chi connectivity index (χ1n) is 3.66. The number of aliphatic carboxylic acids is 1. The molecule has 0 saturated carbocycles. The second-order valence-corrected chi connectivity index (χ2v) is 2.61. The smallest absolute Gasteiger partial charge is 0.332 e. The molecule has 0 rings (SSSR count). The zero-order valence-electron chi connectivity index (χ0n) is 7.32. The van der Waals surface area contributed by atoms with Crippen molar-refractivity contribution in [3.05, 3.63) is 0 Å². The Kier molecular flexibility index (Phi) is 5.61. The summed E-state index contributed by atoms with van der Waals surface area (Å²) >= 11 is 0. The molecule has 0 heterocycles. The van der Waals surface area contributed by atoms with Crippen LogP contribution in [0.15, 0.2) is 0 Å². The van der Waals surface area contributed by atoms with Gasteiger partial charge in [0.1, 0.15) is 6.79 Å². The molecule has 5 heteroatoms. The van der Waals surface area contributed by atoms with Crippen LogP contribution in [0.3, 0.4) is 0 Å². The highest BCUT2D eigenvalue weighted by Crippen LogP contribution is 2.01. The SMILES string of the molecule is COCO[C@@H](C[C@@H](C)N)C(=O)O. The molecule has 0 radical (unpaired) electrons. The predicted octanol–water partition coefficient (Wildman–Crippen LogP) is -0.203. The van der Waals surface area contributed by atoms with Crippen LogP contribution in [0, 0.1) is 0 Å². The van der Waals surface area contributed by atoms with Crippen molar-refractivity contribution in [1.29, 1.82) is 0 Å². The van der Waals surface area contributed by atoms with Crippen LogP contribution < -0.4 is 5.73 Å². The topological polar surface area (TPSA) is 81.8 Å². The van der Waals surface area contributed by atoms with Crippen LogP contribution in [-0.2, 0) is 14.3 Å². The summed E-state index contributed by atoms with van der Waals surface area (Å²) in [5.74, 6) is -1.01. The minimum atomic E-state index is -1.01. The number of ether oxygens (including phenoxy) is 2. The lowest BCUT2D eigenvalue weighted by Crippen LogP contribution is -2.31. The molecule has 0 spiro atoms. The van der Waals surface area contributed by atoms with Gasteiger partial charge in [0.15, 0.2) is 6.10 Å². The van der Waals surface area contributed by atoms with E-state index in [1.165, 1.54) is 7.11 Å². The maximum atomic E-state index is 10.5. The predicted molar refractivity (Wildman–Crippen MR) is 42.7 cm³/mol. The third-order valence-electron chi connectivity index (χ3n) is 1.25. The fourth-order valence-corrected chi connectivity index (χ4v) is 0.728. The number of nitrogens with two attached hydrogens (primary N) is 1. The molecular weight excluding hydrogens is 162 g/mol. The van der Waals surface area contributed by atoms with Gasteiger partial charge in [0.2, 0.25) is 0 Å². The summed E-state index contributed by atoms with van der Waals surface area (Å²) in [5.41, 5.74) is 5.42. The summed E-state index contributed by atoms with van der Waals surface area (Å²) in [6.45, 7) is 1.70. The molecule has 0 amide bonds. The summed E-state index contributed by atoms with van der Waals surface area (Å²) in [4.78, 5) is 10.5. The Labute approximate surface area is 71.5 Å². The Hall–Kier alpha value is -0.650. The van der Waals surface area contributed by atoms with Crippen LogP contribution in [-0.4, -0.2) is 37.1 Å². The highest BCUT2D eigenvalue weighted by Gasteiger charge is 2.19. The molecule has 0 aliphatic rings. The average Bonchev–Trinajstić information content (AvgIpc) is 1.96. The fraction of sp³-hybridized carbons (Fsp3) is 0.857. The van der Waals surface area contributed by atoms with Gasteiger partial charge in [-0.05, 0) is 13.3 Å². The zero-order valence-corrected chi connectivity index (χ0v) is 7.32. The van der Waals surface area contributed by atoms with Gasteiger partial charge in [0, 0.05) is 13.2 Å². The number of methoxy groups -OCH3 is 1. The van der Waals surface area contributed by atoms with Crippen molar-refractivity contribution in [3.8, 4) is 0 Å². The molecule has 5 nitrogen and oxygen atoms in total. The van der Waals surface area contributed by atoms with Gasteiger partial charge in [-0.1, -0.05) is 0 Å². The molecule has 0 aromatic rings. The van der Waals surface area contributed by atoms with E-state index in [0.29, 0.717) is 6.42 Å². The molecule has 2 atom stereocenters. The van der Waals surface area contributed by atoms with Crippen LogP contribution in [0.4, 0.5) is 0 Å². The van der Waals surface area contributed by atoms with E-state index < -0.39 is 12.1 Å². The third-order valence-corrected chi connectivity index (χ3v) is 1.25. The highest BCUT2D eigenvalue weighted by atomic mass is 16.7. The molecule has 0 aliphatic heterocycles. The van der Waals surface area contributed by atoms with Gasteiger partial charge in [-0.2, -0.15) is 0 Å². The molecular formula is C7H15NO4. The minimum absolute atomic E-state index is 0.0241. The van der Waals surface area contributed by atoms with Crippen LogP contribution in [0.25, 0.3) is 0 Å². The van der Waals surface area contributed by atoms with Gasteiger partial charge < -0.3 is 20.3 Å². The van der Waals surface area contributed by atoms with Crippen molar-refractivity contribution >= 4 is 5.97 Å². The lowest BCUT2D eigenvalue weighted by Gasteiger charge is -2.14. The summed E-state index contributed by atoms with van der Waals surface area (Å²) in [6.07, 6.45) is -0.580. The van der Waals surface area contributed by atoms with E-state index in [-0.39, 0.29) is 12.8 Å². The Balaban J connectivity index is 3.78. The molecule has 0 saturated heterocycles. The second kappa shape index (κ2) is 5.93. The van der Waals surface area contributed by atoms with Crippen molar-refractivity contribution in [2.45, 2.75) is 25.5 Å². The standard InChI is InChI=1S/C7H15NO4/c1-5(8)3-6(7(9)10)12-4-11-2/h5-6H,3-4,8H2,1-2H3,(H,9,10)/t5-,6+/m1/s1. The molecule has 72 valence electrons. The van der Waals surface area contributed by atoms with E-state index in [9.17, 15) is 4.79 Å². The van der Waals surface area contributed by atoms with Gasteiger partial charge in [0.05, 0.1) is 0 Å². The van der Waals surface area contributed by atoms with Crippen molar-refractivity contribution in [1.82, 2.24) is 0 Å². The van der Waals surface area contributed by atoms with E-state index in [4.69, 9.17) is 15.6 Å². The Morgan fingerprint density at radius 3 is 2.58 bits per heavy atom. The number of carboxylic acids is 1. The van der Waals surface area contributed by atoms with E-state index in [1.54, 1.807) is 6.92 Å². The van der Waals surface area contributed by atoms with E-state index in [2.05, 4.69) is 4.74 Å². The largest absolute Gasteiger partial charge is 0.479 e. The van der Waals surface area contributed by atoms with Crippen molar-refractivity contribution < 1.29 is 19.4 Å². The van der Waals surface area contributed by atoms with E-state index >= 15 is 0 Å². The molecule has 12 heavy (non-hydrogen) atoms. The van der Waals surface area contributed by atoms with E-state index in [1.807, 2.05) is 0 Å². The third kappa shape index (κ3) is 5.06. The normalized spacial score (nSPS) is 15.6. The Morgan fingerprint density at radius 2 is 2.25 bits per heavy atom. The Morgan fingerprint density at radius 1 is 1.67 bits per heavy atom. The maximum absolute atomic E-state index is 10.5. The molecule has 0 fully saturated rings. The molecule has 0 aromatic carbocycles. The van der Waals surface area contributed by atoms with Gasteiger partial charge in [-0.3, -0.25) is 0 Å². The lowest BCUT2D eigenvalue weighted by atomic mass is 10.1. The molecule has 0 aliphatic carbocycles. The number of hydrogen-bond acceptors (Lipinski definition) is 4. The van der Waals surface area contributed by atoms with Crippen molar-refractivity contribution in [2.75, 3.05) is 13.9 Å². The fourth-order valence-electron chi connectivity index (χ4n) is 0.728. The molecule has 0 aromatic heterocycles. The van der Waals surface area contributed by atoms with Crippen LogP contribution >= 0.6 is 0 Å². The first-order valence-corrected chi connectivity index (χ1v) is 3.66. The van der Waals surface area contributed by atoms with Gasteiger partial charge in [-0.15, -0.1) is 0 Å². The second-order valence-electron chi connectivity index (χ2n) is 2.61. The lowest BCUT2D eigenvalue weighted by molar-refractivity contribution is -0.159. The number of rotatable bonds is 6. The number of carboxylic acid groups (broad SMARTS) is 1. The number of hydrogen-bond donors (Lipinski definition) is 2. The molecule has 0 unspecified atom stereocenters. The summed E-state index contributed by atoms with van der Waals surface area (Å²) in [6, 6.07) is -0.192. The van der Waals surface area contributed by atoms with Crippen LogP contribution in [0.2, 0.25) is 0 Å². The first-order chi connectivity index (χ1) is 5.57. The van der Waals surface area contributed by atoms with Crippen LogP contribution in [0.1, 0.15) is 13.3 Å². The summed E-state index contributed by atoms with van der Waals surface area (Å²) in [7, 11) is 1.44. The average molecular weight is 177 g/mol. The minimum Gasteiger partial charge on any atom is -0.479 e. The van der Waals surface area contributed by atoms with E-state index in [0.717, 1.165) is 0 Å². The molecule has 0 bridgehead atoms. The van der Waals surface area contributed by atoms with Gasteiger partial charge in [0.25, 0.3) is 0 Å². The van der Waals surface area contributed by atoms with Crippen molar-refractivity contribution in [3.63, 3.8) is 0 Å². The monoisotopic (exact) mass is 177 g/mol. The maximum Gasteiger partial charge on any atom is 0.332 e. The van der Waals surface area contributed by atoms with Gasteiger partial charge >= 0.3 is 5.97 Å². The van der Waals surface area contributed by atoms with Crippen molar-refractivity contribution in [2.24, 2.45) is 5.73 Å². The Bertz CT molecular complexity index is 137. The molecule has 3 N–H and O–H groups in total. The summed E-state index contributed by atoms with van der Waals surface area (Å²) < 4.78 is 9.44. The first kappa shape index (κ1) is 11.4. The van der Waals surface area contributed by atoms with Gasteiger partial charge in [-0.25, -0.2) is 4.79 Å². The quantitative estimate of drug-likeness (QED) is 0.549.